The third-order valence-electron chi connectivity index (χ3n) is 0.473. The van der Waals surface area contributed by atoms with Crippen molar-refractivity contribution >= 4 is 17.7 Å². The fourth-order valence-electron chi connectivity index (χ4n) is 0.0807. The van der Waals surface area contributed by atoms with Gasteiger partial charge in [-0.3, -0.25) is 9.63 Å². The normalized spacial score (nSPS) is 7.71. The van der Waals surface area contributed by atoms with Gasteiger partial charge < -0.3 is 0 Å². The molecule has 0 aromatic carbocycles. The third kappa shape index (κ3) is 2.23. The average Bonchev–Trinajstić information content (AvgIpc) is 1.65. The Labute approximate surface area is 47.3 Å². The van der Waals surface area contributed by atoms with Gasteiger partial charge in [-0.25, -0.2) is 0 Å². The fraction of sp³-hybridized carbons (Fsp3) is 0.250. The van der Waals surface area contributed by atoms with Crippen molar-refractivity contribution in [3.63, 3.8) is 0 Å². The lowest BCUT2D eigenvalue weighted by Crippen LogP contribution is -2.11. The van der Waals surface area contributed by atoms with Crippen LogP contribution in [0.1, 0.15) is 6.92 Å². The smallest absolute Gasteiger partial charge is 0.260 e. The van der Waals surface area contributed by atoms with Gasteiger partial charge in [-0.15, -0.1) is 0 Å². The van der Waals surface area contributed by atoms with Gasteiger partial charge in [-0.1, -0.05) is 6.58 Å². The molecule has 3 heteroatoms. The molecule has 0 bridgehead atoms. The Bertz CT molecular complexity index is 99.9. The summed E-state index contributed by atoms with van der Waals surface area (Å²) in [6, 6.07) is 0. The number of nitrogens with one attached hydrogen (secondary N) is 1. The molecule has 1 amide bonds. The van der Waals surface area contributed by atoms with Crippen LogP contribution in [-0.2, 0) is 4.79 Å². The summed E-state index contributed by atoms with van der Waals surface area (Å²) in [7, 11) is 0. The monoisotopic (exact) mass is 119 g/mol. The first-order valence-corrected chi connectivity index (χ1v) is 2.12. The highest BCUT2D eigenvalue weighted by Crippen LogP contribution is 1.84. The van der Waals surface area contributed by atoms with E-state index in [4.69, 9.17) is 11.8 Å². The zero-order valence-electron chi connectivity index (χ0n) is 3.99. The SMILES string of the molecule is C=C(C)C(=O)NCl. The number of halogens is 1. The van der Waals surface area contributed by atoms with Gasteiger partial charge in [0.2, 0.25) is 0 Å². The summed E-state index contributed by atoms with van der Waals surface area (Å²) in [6.45, 7) is 4.91. The molecule has 0 aliphatic heterocycles. The molecule has 40 valence electrons. The Morgan fingerprint density at radius 3 is 2.29 bits per heavy atom. The van der Waals surface area contributed by atoms with Crippen LogP contribution in [0.15, 0.2) is 12.2 Å². The number of carbonyl (C=O) groups excluding carboxylic acids is 1. The number of rotatable bonds is 1. The predicted molar refractivity (Wildman–Crippen MR) is 28.8 cm³/mol. The molecule has 7 heavy (non-hydrogen) atoms. The van der Waals surface area contributed by atoms with Crippen molar-refractivity contribution in [2.45, 2.75) is 6.92 Å². The molecule has 0 fully saturated rings. The zero-order chi connectivity index (χ0) is 5.86. The Kier molecular flexibility index (Phi) is 2.45. The molecular formula is C4H6ClNO. The molecule has 1 N–H and O–H groups in total. The molecule has 0 saturated carbocycles. The quantitative estimate of drug-likeness (QED) is 0.402. The van der Waals surface area contributed by atoms with Crippen LogP contribution in [0.25, 0.3) is 0 Å². The number of hydrogen-bond acceptors (Lipinski definition) is 1. The Morgan fingerprint density at radius 2 is 2.29 bits per heavy atom. The van der Waals surface area contributed by atoms with Crippen LogP contribution >= 0.6 is 11.8 Å². The summed E-state index contributed by atoms with van der Waals surface area (Å²) in [5.74, 6) is -0.332. The highest BCUT2D eigenvalue weighted by atomic mass is 35.5. The Morgan fingerprint density at radius 1 is 1.86 bits per heavy atom. The van der Waals surface area contributed by atoms with E-state index in [1.807, 2.05) is 4.84 Å². The highest BCUT2D eigenvalue weighted by molar-refractivity contribution is 6.23. The summed E-state index contributed by atoms with van der Waals surface area (Å²) in [5, 5.41) is 0. The molecule has 0 spiro atoms. The first-order chi connectivity index (χ1) is 3.18. The van der Waals surface area contributed by atoms with Crippen molar-refractivity contribution < 1.29 is 4.79 Å². The van der Waals surface area contributed by atoms with E-state index in [1.54, 1.807) is 6.92 Å². The fourth-order valence-corrected chi connectivity index (χ4v) is 0.242. The number of hydrogen-bond donors (Lipinski definition) is 1. The first-order valence-electron chi connectivity index (χ1n) is 1.75. The van der Waals surface area contributed by atoms with E-state index in [9.17, 15) is 4.79 Å². The summed E-state index contributed by atoms with van der Waals surface area (Å²) in [6.07, 6.45) is 0. The van der Waals surface area contributed by atoms with Crippen LogP contribution < -0.4 is 4.84 Å². The molecule has 0 aliphatic rings. The molecule has 0 rings (SSSR count). The van der Waals surface area contributed by atoms with Gasteiger partial charge in [0.25, 0.3) is 5.91 Å². The van der Waals surface area contributed by atoms with E-state index in [1.165, 1.54) is 0 Å². The second-order valence-corrected chi connectivity index (χ2v) is 1.39. The van der Waals surface area contributed by atoms with E-state index < -0.39 is 0 Å². The molecular weight excluding hydrogens is 114 g/mol. The van der Waals surface area contributed by atoms with Crippen LogP contribution in [0.3, 0.4) is 0 Å². The standard InChI is InChI=1S/C4H6ClNO/c1-3(2)4(7)6-5/h1H2,2H3,(H,6,7). The molecule has 0 saturated heterocycles. The van der Waals surface area contributed by atoms with Gasteiger partial charge in [-0.05, 0) is 6.92 Å². The first kappa shape index (κ1) is 6.50. The largest absolute Gasteiger partial charge is 0.268 e. The van der Waals surface area contributed by atoms with Crippen molar-refractivity contribution in [1.29, 1.82) is 0 Å². The van der Waals surface area contributed by atoms with Gasteiger partial charge in [-0.2, -0.15) is 0 Å². The molecule has 0 aromatic heterocycles. The van der Waals surface area contributed by atoms with Crippen LogP contribution in [-0.4, -0.2) is 5.91 Å². The van der Waals surface area contributed by atoms with Gasteiger partial charge in [0.1, 0.15) is 0 Å². The van der Waals surface area contributed by atoms with Crippen molar-refractivity contribution in [2.75, 3.05) is 0 Å². The lowest BCUT2D eigenvalue weighted by Gasteiger charge is -1.89. The Hall–Kier alpha value is -0.500. The topological polar surface area (TPSA) is 29.1 Å². The van der Waals surface area contributed by atoms with Crippen LogP contribution in [0.2, 0.25) is 0 Å². The van der Waals surface area contributed by atoms with Crippen LogP contribution in [0, 0.1) is 0 Å². The molecule has 0 atom stereocenters. The van der Waals surface area contributed by atoms with Gasteiger partial charge in [0.05, 0.1) is 0 Å². The second-order valence-electron chi connectivity index (χ2n) is 1.20. The summed E-state index contributed by atoms with van der Waals surface area (Å²) >= 11 is 4.89. The lowest BCUT2D eigenvalue weighted by molar-refractivity contribution is -0.115. The van der Waals surface area contributed by atoms with E-state index in [0.29, 0.717) is 5.57 Å². The van der Waals surface area contributed by atoms with Crippen molar-refractivity contribution in [2.24, 2.45) is 0 Å². The molecule has 0 heterocycles. The van der Waals surface area contributed by atoms with Crippen LogP contribution in [0.5, 0.6) is 0 Å². The maximum atomic E-state index is 10.2. The van der Waals surface area contributed by atoms with E-state index in [2.05, 4.69) is 6.58 Å². The molecule has 0 aromatic rings. The van der Waals surface area contributed by atoms with Gasteiger partial charge in [0, 0.05) is 17.3 Å². The third-order valence-corrected chi connectivity index (χ3v) is 0.645. The zero-order valence-corrected chi connectivity index (χ0v) is 4.75. The van der Waals surface area contributed by atoms with Gasteiger partial charge >= 0.3 is 0 Å². The second kappa shape index (κ2) is 2.64. The number of amides is 1. The highest BCUT2D eigenvalue weighted by Gasteiger charge is 1.94. The maximum absolute atomic E-state index is 10.2. The number of carbonyl (C=O) groups is 1. The molecule has 2 nitrogen and oxygen atoms in total. The molecule has 0 aliphatic carbocycles. The lowest BCUT2D eigenvalue weighted by atomic mass is 10.3. The minimum absolute atomic E-state index is 0.332. The molecule has 0 radical (unpaired) electrons. The summed E-state index contributed by atoms with van der Waals surface area (Å²) < 4.78 is 0. The van der Waals surface area contributed by atoms with E-state index in [-0.39, 0.29) is 5.91 Å². The maximum Gasteiger partial charge on any atom is 0.260 e. The Balaban J connectivity index is 3.58. The van der Waals surface area contributed by atoms with Crippen molar-refractivity contribution in [3.8, 4) is 0 Å². The predicted octanol–water partition coefficient (Wildman–Crippen LogP) is 0.833. The van der Waals surface area contributed by atoms with E-state index in [0.717, 1.165) is 0 Å². The summed E-state index contributed by atoms with van der Waals surface area (Å²) in [4.78, 5) is 12.1. The minimum Gasteiger partial charge on any atom is -0.268 e. The van der Waals surface area contributed by atoms with Crippen LogP contribution in [0.4, 0.5) is 0 Å². The van der Waals surface area contributed by atoms with E-state index >= 15 is 0 Å². The van der Waals surface area contributed by atoms with Gasteiger partial charge in [0.15, 0.2) is 0 Å². The van der Waals surface area contributed by atoms with Crippen molar-refractivity contribution in [1.82, 2.24) is 4.84 Å². The summed E-state index contributed by atoms with van der Waals surface area (Å²) in [5.41, 5.74) is 0.412. The van der Waals surface area contributed by atoms with Crippen molar-refractivity contribution in [3.05, 3.63) is 12.2 Å². The molecule has 0 unspecified atom stereocenters. The minimum atomic E-state index is -0.332. The average molecular weight is 120 g/mol.